The number of nitrogens with one attached hydrogen (secondary N) is 1. The van der Waals surface area contributed by atoms with E-state index in [9.17, 15) is 19.2 Å². The lowest BCUT2D eigenvalue weighted by molar-refractivity contribution is -0.156. The molecule has 0 aliphatic carbocycles. The molecule has 2 atom stereocenters. The van der Waals surface area contributed by atoms with Gasteiger partial charge in [-0.25, -0.2) is 9.48 Å². The molecule has 0 spiro atoms. The average Bonchev–Trinajstić information content (AvgIpc) is 3.57. The van der Waals surface area contributed by atoms with Crippen LogP contribution in [0.5, 0.6) is 0 Å². The van der Waals surface area contributed by atoms with Gasteiger partial charge in [-0.05, 0) is 50.3 Å². The first-order chi connectivity index (χ1) is 16.3. The van der Waals surface area contributed by atoms with Gasteiger partial charge in [0.1, 0.15) is 11.7 Å². The predicted molar refractivity (Wildman–Crippen MR) is 128 cm³/mol. The number of thiophene rings is 1. The van der Waals surface area contributed by atoms with E-state index in [1.54, 1.807) is 48.3 Å². The topological polar surface area (TPSA) is 103 Å². The maximum Gasteiger partial charge on any atom is 0.329 e. The van der Waals surface area contributed by atoms with Crippen molar-refractivity contribution < 1.29 is 19.1 Å². The lowest BCUT2D eigenvalue weighted by atomic mass is 10.2. The number of benzene rings is 1. The molecule has 3 aromatic rings. The highest BCUT2D eigenvalue weighted by Crippen LogP contribution is 2.23. The number of nitrogens with zero attached hydrogens (tertiary/aromatic N) is 3. The van der Waals surface area contributed by atoms with Gasteiger partial charge in [-0.1, -0.05) is 24.3 Å². The van der Waals surface area contributed by atoms with Gasteiger partial charge in [-0.2, -0.15) is 0 Å². The number of hydrogen-bond acceptors (Lipinski definition) is 6. The van der Waals surface area contributed by atoms with Gasteiger partial charge in [0.05, 0.1) is 16.3 Å². The number of amides is 2. The number of carbonyl (C=O) groups excluding carboxylic acids is 3. The number of hydrogen-bond donors (Lipinski definition) is 1. The van der Waals surface area contributed by atoms with Crippen molar-refractivity contribution in [3.63, 3.8) is 0 Å². The zero-order chi connectivity index (χ0) is 24.4. The van der Waals surface area contributed by atoms with Gasteiger partial charge in [0.15, 0.2) is 6.10 Å². The van der Waals surface area contributed by atoms with Gasteiger partial charge < -0.3 is 15.0 Å². The van der Waals surface area contributed by atoms with Gasteiger partial charge >= 0.3 is 5.97 Å². The Hall–Kier alpha value is -3.66. The first-order valence-electron chi connectivity index (χ1n) is 11.0. The zero-order valence-electron chi connectivity index (χ0n) is 19.2. The fourth-order valence-corrected chi connectivity index (χ4v) is 4.72. The summed E-state index contributed by atoms with van der Waals surface area (Å²) in [7, 11) is 1.72. The summed E-state index contributed by atoms with van der Waals surface area (Å²) in [5.41, 5.74) is 0.954. The largest absolute Gasteiger partial charge is 0.451 e. The minimum atomic E-state index is -1.14. The molecule has 9 nitrogen and oxygen atoms in total. The summed E-state index contributed by atoms with van der Waals surface area (Å²) in [6.45, 7) is 3.63. The zero-order valence-corrected chi connectivity index (χ0v) is 20.0. The van der Waals surface area contributed by atoms with Gasteiger partial charge in [-0.3, -0.25) is 19.1 Å². The van der Waals surface area contributed by atoms with E-state index < -0.39 is 24.0 Å². The van der Waals surface area contributed by atoms with Crippen LogP contribution in [-0.4, -0.2) is 50.7 Å². The number of carbonyl (C=O) groups is 3. The number of aromatic nitrogens is 2. The molecule has 10 heteroatoms. The van der Waals surface area contributed by atoms with E-state index >= 15 is 0 Å². The van der Waals surface area contributed by atoms with Crippen LogP contribution in [0.4, 0.5) is 5.69 Å². The highest BCUT2D eigenvalue weighted by molar-refractivity contribution is 7.12. The molecule has 0 unspecified atom stereocenters. The van der Waals surface area contributed by atoms with Crippen LogP contribution in [0, 0.1) is 6.92 Å². The van der Waals surface area contributed by atoms with Crippen molar-refractivity contribution in [1.29, 1.82) is 0 Å². The first kappa shape index (κ1) is 23.5. The number of para-hydroxylation sites is 1. The summed E-state index contributed by atoms with van der Waals surface area (Å²) in [5.74, 6) is -1.46. The van der Waals surface area contributed by atoms with Crippen LogP contribution in [0.1, 0.15) is 35.1 Å². The number of likely N-dealkylation sites (tertiary alicyclic amines) is 1. The van der Waals surface area contributed by atoms with Crippen molar-refractivity contribution in [1.82, 2.24) is 14.3 Å². The Kier molecular flexibility index (Phi) is 6.69. The highest BCUT2D eigenvalue weighted by atomic mass is 32.1. The Labute approximate surface area is 200 Å². The number of esters is 1. The fraction of sp³-hybridized carbons (Fsp3) is 0.333. The van der Waals surface area contributed by atoms with Crippen molar-refractivity contribution >= 4 is 34.8 Å². The maximum atomic E-state index is 13.0. The van der Waals surface area contributed by atoms with Crippen LogP contribution >= 0.6 is 11.3 Å². The molecule has 1 aromatic carbocycles. The molecule has 1 aliphatic heterocycles. The van der Waals surface area contributed by atoms with Gasteiger partial charge in [0, 0.05) is 13.6 Å². The van der Waals surface area contributed by atoms with Crippen molar-refractivity contribution in [3.05, 3.63) is 68.8 Å². The monoisotopic (exact) mass is 482 g/mol. The molecular formula is C24H26N4O5S. The molecule has 2 aromatic heterocycles. The van der Waals surface area contributed by atoms with Crippen LogP contribution in [0.2, 0.25) is 0 Å². The molecular weight excluding hydrogens is 456 g/mol. The molecule has 2 amide bonds. The lowest BCUT2D eigenvalue weighted by Gasteiger charge is -2.24. The molecule has 178 valence electrons. The fourth-order valence-electron chi connectivity index (χ4n) is 4.04. The third kappa shape index (κ3) is 4.41. The Morgan fingerprint density at radius 3 is 2.56 bits per heavy atom. The third-order valence-corrected chi connectivity index (χ3v) is 6.84. The number of rotatable bonds is 6. The number of ether oxygens (including phenoxy) is 1. The predicted octanol–water partition coefficient (Wildman–Crippen LogP) is 2.72. The highest BCUT2D eigenvalue weighted by Gasteiger charge is 2.37. The normalized spacial score (nSPS) is 16.3. The van der Waals surface area contributed by atoms with Gasteiger partial charge in [0.25, 0.3) is 17.4 Å². The summed E-state index contributed by atoms with van der Waals surface area (Å²) in [6.07, 6.45) is 0.0137. The number of anilines is 1. The van der Waals surface area contributed by atoms with E-state index in [0.29, 0.717) is 35.6 Å². The molecule has 0 bridgehead atoms. The minimum Gasteiger partial charge on any atom is -0.451 e. The summed E-state index contributed by atoms with van der Waals surface area (Å²) >= 11 is 1.31. The van der Waals surface area contributed by atoms with Crippen LogP contribution in [0.25, 0.3) is 5.69 Å². The smallest absolute Gasteiger partial charge is 0.329 e. The van der Waals surface area contributed by atoms with Crippen LogP contribution in [0.3, 0.4) is 0 Å². The third-order valence-electron chi connectivity index (χ3n) is 5.98. The Morgan fingerprint density at radius 1 is 1.15 bits per heavy atom. The Balaban J connectivity index is 1.45. The molecule has 0 radical (unpaired) electrons. The average molecular weight is 483 g/mol. The van der Waals surface area contributed by atoms with E-state index in [2.05, 4.69) is 5.32 Å². The Morgan fingerprint density at radius 2 is 1.88 bits per heavy atom. The molecule has 0 saturated carbocycles. The summed E-state index contributed by atoms with van der Waals surface area (Å²) in [4.78, 5) is 53.4. The van der Waals surface area contributed by atoms with E-state index in [0.717, 1.165) is 0 Å². The quantitative estimate of drug-likeness (QED) is 0.545. The second kappa shape index (κ2) is 9.68. The molecule has 4 rings (SSSR count). The second-order valence-corrected chi connectivity index (χ2v) is 9.09. The summed E-state index contributed by atoms with van der Waals surface area (Å²) in [5, 5.41) is 4.42. The molecule has 1 aliphatic rings. The molecule has 34 heavy (non-hydrogen) atoms. The molecule has 3 heterocycles. The van der Waals surface area contributed by atoms with Crippen molar-refractivity contribution in [2.24, 2.45) is 7.05 Å². The second-order valence-electron chi connectivity index (χ2n) is 8.14. The van der Waals surface area contributed by atoms with Gasteiger partial charge in [0.2, 0.25) is 0 Å². The van der Waals surface area contributed by atoms with Crippen LogP contribution < -0.4 is 10.9 Å². The lowest BCUT2D eigenvalue weighted by Crippen LogP contribution is -2.43. The van der Waals surface area contributed by atoms with Crippen molar-refractivity contribution in [2.75, 3.05) is 11.9 Å². The van der Waals surface area contributed by atoms with E-state index in [1.165, 1.54) is 27.8 Å². The summed E-state index contributed by atoms with van der Waals surface area (Å²) < 4.78 is 8.51. The standard InChI is InChI=1S/C24H26N4O5S/c1-15-20(23(31)28(26(15)3)17-9-5-4-6-10-17)25-21(29)16(2)33-24(32)18-11-7-13-27(18)22(30)19-12-8-14-34-19/h4-6,8-10,12,14,16,18H,7,11,13H2,1-3H3,(H,25,29)/t16-,18-/m0/s1. The van der Waals surface area contributed by atoms with Gasteiger partial charge in [-0.15, -0.1) is 11.3 Å². The first-order valence-corrected chi connectivity index (χ1v) is 11.9. The summed E-state index contributed by atoms with van der Waals surface area (Å²) in [6, 6.07) is 11.8. The van der Waals surface area contributed by atoms with Crippen LogP contribution in [-0.2, 0) is 21.4 Å². The van der Waals surface area contributed by atoms with Crippen LogP contribution in [0.15, 0.2) is 52.6 Å². The van der Waals surface area contributed by atoms with E-state index in [-0.39, 0.29) is 17.2 Å². The molecule has 1 fully saturated rings. The maximum absolute atomic E-state index is 13.0. The Bertz CT molecular complexity index is 1260. The van der Waals surface area contributed by atoms with E-state index in [4.69, 9.17) is 4.74 Å². The van der Waals surface area contributed by atoms with Crippen molar-refractivity contribution in [2.45, 2.75) is 38.8 Å². The minimum absolute atomic E-state index is 0.120. The van der Waals surface area contributed by atoms with E-state index in [1.807, 2.05) is 18.2 Å². The molecule has 1 N–H and O–H groups in total. The van der Waals surface area contributed by atoms with Crippen molar-refractivity contribution in [3.8, 4) is 5.69 Å². The SMILES string of the molecule is Cc1c(NC(=O)[C@H](C)OC(=O)[C@@H]2CCCN2C(=O)c2cccs2)c(=O)n(-c2ccccc2)n1C. The molecule has 1 saturated heterocycles.